The van der Waals surface area contributed by atoms with Gasteiger partial charge in [0.25, 0.3) is 0 Å². The zero-order chi connectivity index (χ0) is 15.5. The van der Waals surface area contributed by atoms with E-state index in [4.69, 9.17) is 5.73 Å². The van der Waals surface area contributed by atoms with Crippen LogP contribution in [-0.2, 0) is 9.59 Å². The van der Waals surface area contributed by atoms with Crippen LogP contribution in [-0.4, -0.2) is 67.9 Å². The molecule has 0 atom stereocenters. The van der Waals surface area contributed by atoms with Gasteiger partial charge in [0.2, 0.25) is 11.8 Å². The van der Waals surface area contributed by atoms with Gasteiger partial charge in [-0.3, -0.25) is 14.5 Å². The number of carbonyl (C=O) groups is 2. The van der Waals surface area contributed by atoms with Crippen molar-refractivity contribution < 1.29 is 9.59 Å². The van der Waals surface area contributed by atoms with Crippen LogP contribution in [0.5, 0.6) is 0 Å². The Bertz CT molecular complexity index is 394. The molecule has 0 aromatic heterocycles. The van der Waals surface area contributed by atoms with Gasteiger partial charge in [0.15, 0.2) is 0 Å². The maximum atomic E-state index is 11.8. The Morgan fingerprint density at radius 2 is 2.00 bits per heavy atom. The van der Waals surface area contributed by atoms with Gasteiger partial charge < -0.3 is 16.0 Å². The first-order chi connectivity index (χ1) is 10.1. The fourth-order valence-corrected chi connectivity index (χ4v) is 2.10. The summed E-state index contributed by atoms with van der Waals surface area (Å²) in [5.74, 6) is 6.01. The topological polar surface area (TPSA) is 78.7 Å². The van der Waals surface area contributed by atoms with Crippen LogP contribution in [0.2, 0.25) is 0 Å². The van der Waals surface area contributed by atoms with Gasteiger partial charge in [0.05, 0.1) is 19.6 Å². The average Bonchev–Trinajstić information content (AvgIpc) is 3.00. The van der Waals surface area contributed by atoms with Crippen molar-refractivity contribution in [2.45, 2.75) is 25.7 Å². The summed E-state index contributed by atoms with van der Waals surface area (Å²) >= 11 is 0. The predicted molar refractivity (Wildman–Crippen MR) is 82.4 cm³/mol. The third-order valence-electron chi connectivity index (χ3n) is 3.44. The van der Waals surface area contributed by atoms with Crippen LogP contribution in [0.4, 0.5) is 0 Å². The molecular weight excluding hydrogens is 268 g/mol. The molecule has 2 amide bonds. The summed E-state index contributed by atoms with van der Waals surface area (Å²) < 4.78 is 0. The minimum absolute atomic E-state index is 0.0134. The maximum Gasteiger partial charge on any atom is 0.233 e. The summed E-state index contributed by atoms with van der Waals surface area (Å²) in [6.45, 7) is 4.00. The summed E-state index contributed by atoms with van der Waals surface area (Å²) in [6, 6.07) is 0. The van der Waals surface area contributed by atoms with Crippen LogP contribution in [0.15, 0.2) is 0 Å². The summed E-state index contributed by atoms with van der Waals surface area (Å²) in [5, 5.41) is 2.64. The fraction of sp³-hybridized carbons (Fsp3) is 0.733. The molecule has 1 saturated heterocycles. The molecule has 0 unspecified atom stereocenters. The van der Waals surface area contributed by atoms with Crippen molar-refractivity contribution in [3.63, 3.8) is 0 Å². The highest BCUT2D eigenvalue weighted by molar-refractivity contribution is 5.78. The van der Waals surface area contributed by atoms with Gasteiger partial charge in [-0.1, -0.05) is 11.8 Å². The second-order valence-corrected chi connectivity index (χ2v) is 5.24. The molecule has 6 nitrogen and oxygen atoms in total. The fourth-order valence-electron chi connectivity index (χ4n) is 2.10. The molecule has 0 aromatic rings. The molecule has 21 heavy (non-hydrogen) atoms. The Morgan fingerprint density at radius 1 is 1.29 bits per heavy atom. The van der Waals surface area contributed by atoms with Gasteiger partial charge >= 0.3 is 0 Å². The van der Waals surface area contributed by atoms with E-state index in [1.54, 1.807) is 11.9 Å². The minimum atomic E-state index is -0.191. The number of nitrogens with two attached hydrogens (primary N) is 1. The second kappa shape index (κ2) is 10.2. The SMILES string of the molecule is CN(CC#CCN1CCCC1)C(=O)CCCNC(=O)CN. The quantitative estimate of drug-likeness (QED) is 0.485. The van der Waals surface area contributed by atoms with Crippen LogP contribution in [0, 0.1) is 11.8 Å². The van der Waals surface area contributed by atoms with Gasteiger partial charge in [-0.2, -0.15) is 0 Å². The molecule has 1 aliphatic rings. The molecule has 118 valence electrons. The molecular formula is C15H26N4O2. The Balaban J connectivity index is 2.10. The van der Waals surface area contributed by atoms with E-state index in [0.717, 1.165) is 19.6 Å². The lowest BCUT2D eigenvalue weighted by molar-refractivity contribution is -0.129. The predicted octanol–water partition coefficient (Wildman–Crippen LogP) is -0.601. The average molecular weight is 294 g/mol. The minimum Gasteiger partial charge on any atom is -0.355 e. The highest BCUT2D eigenvalue weighted by Crippen LogP contribution is 2.05. The van der Waals surface area contributed by atoms with Gasteiger partial charge in [0.1, 0.15) is 0 Å². The number of nitrogens with one attached hydrogen (secondary N) is 1. The number of hydrogen-bond donors (Lipinski definition) is 2. The normalized spacial score (nSPS) is 14.4. The smallest absolute Gasteiger partial charge is 0.233 e. The zero-order valence-electron chi connectivity index (χ0n) is 12.9. The van der Waals surface area contributed by atoms with E-state index in [1.165, 1.54) is 12.8 Å². The molecule has 0 spiro atoms. The van der Waals surface area contributed by atoms with Crippen molar-refractivity contribution in [3.8, 4) is 11.8 Å². The lowest BCUT2D eigenvalue weighted by Crippen LogP contribution is -2.32. The first-order valence-corrected chi connectivity index (χ1v) is 7.52. The molecule has 6 heteroatoms. The van der Waals surface area contributed by atoms with E-state index >= 15 is 0 Å². The summed E-state index contributed by atoms with van der Waals surface area (Å²) in [7, 11) is 1.76. The molecule has 1 aliphatic heterocycles. The molecule has 0 radical (unpaired) electrons. The third-order valence-corrected chi connectivity index (χ3v) is 3.44. The Hall–Kier alpha value is -1.58. The van der Waals surface area contributed by atoms with E-state index in [0.29, 0.717) is 25.9 Å². The maximum absolute atomic E-state index is 11.8. The van der Waals surface area contributed by atoms with E-state index in [9.17, 15) is 9.59 Å². The second-order valence-electron chi connectivity index (χ2n) is 5.24. The lowest BCUT2D eigenvalue weighted by Gasteiger charge is -2.14. The van der Waals surface area contributed by atoms with Gasteiger partial charge in [-0.15, -0.1) is 0 Å². The molecule has 1 heterocycles. The molecule has 1 rings (SSSR count). The molecule has 0 aliphatic carbocycles. The Kier molecular flexibility index (Phi) is 8.48. The molecule has 0 saturated carbocycles. The number of nitrogens with zero attached hydrogens (tertiary/aromatic N) is 2. The molecule has 0 bridgehead atoms. The summed E-state index contributed by atoms with van der Waals surface area (Å²) in [6.07, 6.45) is 3.56. The highest BCUT2D eigenvalue weighted by Gasteiger charge is 2.09. The Labute approximate surface area is 127 Å². The first kappa shape index (κ1) is 17.5. The monoisotopic (exact) mass is 294 g/mol. The van der Waals surface area contributed by atoms with Gasteiger partial charge in [-0.25, -0.2) is 0 Å². The standard InChI is InChI=1S/C15H26N4O2/c1-18(9-2-3-10-19-11-4-5-12-19)15(21)7-6-8-17-14(20)13-16/h4-13,16H2,1H3,(H,17,20). The van der Waals surface area contributed by atoms with Gasteiger partial charge in [-0.05, 0) is 32.4 Å². The van der Waals surface area contributed by atoms with E-state index < -0.39 is 0 Å². The van der Waals surface area contributed by atoms with Crippen LogP contribution >= 0.6 is 0 Å². The van der Waals surface area contributed by atoms with Crippen molar-refractivity contribution in [2.24, 2.45) is 5.73 Å². The van der Waals surface area contributed by atoms with Crippen LogP contribution < -0.4 is 11.1 Å². The van der Waals surface area contributed by atoms with E-state index in [-0.39, 0.29) is 18.4 Å². The van der Waals surface area contributed by atoms with Crippen LogP contribution in [0.1, 0.15) is 25.7 Å². The van der Waals surface area contributed by atoms with Crippen LogP contribution in [0.3, 0.4) is 0 Å². The first-order valence-electron chi connectivity index (χ1n) is 7.52. The van der Waals surface area contributed by atoms with Crippen molar-refractivity contribution >= 4 is 11.8 Å². The summed E-state index contributed by atoms with van der Waals surface area (Å²) in [5.41, 5.74) is 5.17. The number of rotatable bonds is 7. The number of hydrogen-bond acceptors (Lipinski definition) is 4. The third kappa shape index (κ3) is 7.69. The van der Waals surface area contributed by atoms with Gasteiger partial charge in [0, 0.05) is 20.0 Å². The van der Waals surface area contributed by atoms with E-state index in [1.807, 2.05) is 0 Å². The largest absolute Gasteiger partial charge is 0.355 e. The molecule has 1 fully saturated rings. The van der Waals surface area contributed by atoms with Crippen molar-refractivity contribution in [3.05, 3.63) is 0 Å². The Morgan fingerprint density at radius 3 is 2.67 bits per heavy atom. The molecule has 3 N–H and O–H groups in total. The molecule has 0 aromatic carbocycles. The number of carbonyl (C=O) groups excluding carboxylic acids is 2. The number of likely N-dealkylation sites (tertiary alicyclic amines) is 1. The summed E-state index contributed by atoms with van der Waals surface area (Å²) in [4.78, 5) is 26.7. The van der Waals surface area contributed by atoms with E-state index in [2.05, 4.69) is 22.1 Å². The van der Waals surface area contributed by atoms with Crippen molar-refractivity contribution in [1.29, 1.82) is 0 Å². The van der Waals surface area contributed by atoms with Crippen molar-refractivity contribution in [1.82, 2.24) is 15.1 Å². The zero-order valence-corrected chi connectivity index (χ0v) is 12.9. The highest BCUT2D eigenvalue weighted by atomic mass is 16.2. The lowest BCUT2D eigenvalue weighted by atomic mass is 10.2. The number of amides is 2. The van der Waals surface area contributed by atoms with Crippen LogP contribution in [0.25, 0.3) is 0 Å². The van der Waals surface area contributed by atoms with Crippen molar-refractivity contribution in [2.75, 3.05) is 46.3 Å².